The van der Waals surface area contributed by atoms with Gasteiger partial charge in [0.1, 0.15) is 10.8 Å². The molecule has 0 unspecified atom stereocenters. The molecule has 2 aromatic rings. The molecule has 1 aromatic carbocycles. The third-order valence-corrected chi connectivity index (χ3v) is 2.69. The number of fused-ring (bicyclic) bond motifs is 1. The number of isocyanates is 1. The van der Waals surface area contributed by atoms with E-state index >= 15 is 0 Å². The van der Waals surface area contributed by atoms with Crippen LogP contribution in [0.5, 0.6) is 0 Å². The van der Waals surface area contributed by atoms with Crippen molar-refractivity contribution in [2.75, 3.05) is 0 Å². The molecule has 64 valence electrons. The number of hydrogen-bond donors (Lipinski definition) is 0. The van der Waals surface area contributed by atoms with E-state index in [9.17, 15) is 9.18 Å². The third-order valence-electron chi connectivity index (χ3n) is 1.64. The first-order chi connectivity index (χ1) is 6.31. The summed E-state index contributed by atoms with van der Waals surface area (Å²) in [6.45, 7) is 0. The molecule has 0 bridgehead atoms. The van der Waals surface area contributed by atoms with E-state index in [0.717, 1.165) is 16.7 Å². The van der Waals surface area contributed by atoms with Crippen molar-refractivity contribution in [2.45, 2.75) is 0 Å². The van der Waals surface area contributed by atoms with Crippen LogP contribution in [0.15, 0.2) is 29.3 Å². The van der Waals surface area contributed by atoms with Gasteiger partial charge in [0.25, 0.3) is 0 Å². The fraction of sp³-hybridized carbons (Fsp3) is 0. The molecule has 0 N–H and O–H groups in total. The molecule has 0 atom stereocenters. The van der Waals surface area contributed by atoms with Gasteiger partial charge in [0.2, 0.25) is 6.08 Å². The van der Waals surface area contributed by atoms with Crippen molar-refractivity contribution < 1.29 is 9.18 Å². The number of thiophene rings is 1. The Labute approximate surface area is 77.3 Å². The minimum Gasteiger partial charge on any atom is -0.211 e. The van der Waals surface area contributed by atoms with Crippen molar-refractivity contribution in [1.82, 2.24) is 0 Å². The van der Waals surface area contributed by atoms with Gasteiger partial charge in [-0.3, -0.25) is 0 Å². The fourth-order valence-corrected chi connectivity index (χ4v) is 2.00. The van der Waals surface area contributed by atoms with Crippen molar-refractivity contribution in [2.24, 2.45) is 4.99 Å². The molecule has 1 aromatic heterocycles. The Hall–Kier alpha value is -1.51. The Morgan fingerprint density at radius 3 is 3.00 bits per heavy atom. The van der Waals surface area contributed by atoms with Crippen molar-refractivity contribution in [1.29, 1.82) is 0 Å². The summed E-state index contributed by atoms with van der Waals surface area (Å²) in [7, 11) is 0. The van der Waals surface area contributed by atoms with Crippen LogP contribution < -0.4 is 0 Å². The highest BCUT2D eigenvalue weighted by atomic mass is 32.1. The zero-order valence-electron chi connectivity index (χ0n) is 6.45. The molecule has 1 heterocycles. The number of aliphatic imine (C=N–C) groups is 1. The quantitative estimate of drug-likeness (QED) is 0.505. The lowest BCUT2D eigenvalue weighted by Crippen LogP contribution is -1.69. The maximum absolute atomic E-state index is 13.1. The van der Waals surface area contributed by atoms with Crippen molar-refractivity contribution in [3.8, 4) is 0 Å². The zero-order valence-corrected chi connectivity index (χ0v) is 7.27. The van der Waals surface area contributed by atoms with Gasteiger partial charge in [-0.2, -0.15) is 4.99 Å². The number of hydrogen-bond acceptors (Lipinski definition) is 3. The molecule has 0 aliphatic carbocycles. The largest absolute Gasteiger partial charge is 0.241 e. The lowest BCUT2D eigenvalue weighted by molar-refractivity contribution is 0.565. The van der Waals surface area contributed by atoms with E-state index in [0.29, 0.717) is 9.70 Å². The number of nitrogens with zero attached hydrogens (tertiary/aromatic N) is 1. The molecule has 0 spiro atoms. The van der Waals surface area contributed by atoms with E-state index in [1.54, 1.807) is 18.2 Å². The normalized spacial score (nSPS) is 9.92. The van der Waals surface area contributed by atoms with Crippen LogP contribution in [0.25, 0.3) is 10.1 Å². The van der Waals surface area contributed by atoms with E-state index in [1.807, 2.05) is 0 Å². The highest BCUT2D eigenvalue weighted by molar-refractivity contribution is 7.22. The average molecular weight is 193 g/mol. The van der Waals surface area contributed by atoms with Crippen LogP contribution in [-0.4, -0.2) is 6.08 Å². The van der Waals surface area contributed by atoms with Gasteiger partial charge in [-0.25, -0.2) is 9.18 Å². The van der Waals surface area contributed by atoms with Crippen LogP contribution in [0.2, 0.25) is 0 Å². The summed E-state index contributed by atoms with van der Waals surface area (Å²) in [5.74, 6) is -0.283. The lowest BCUT2D eigenvalue weighted by atomic mass is 10.2. The SMILES string of the molecule is O=C=Nc1cc2cccc(F)c2s1. The molecule has 4 heteroatoms. The van der Waals surface area contributed by atoms with E-state index in [1.165, 1.54) is 12.1 Å². The Morgan fingerprint density at radius 1 is 1.46 bits per heavy atom. The summed E-state index contributed by atoms with van der Waals surface area (Å²) in [4.78, 5) is 13.4. The molecule has 0 saturated carbocycles. The van der Waals surface area contributed by atoms with E-state index in [-0.39, 0.29) is 5.82 Å². The summed E-state index contributed by atoms with van der Waals surface area (Å²) < 4.78 is 13.6. The lowest BCUT2D eigenvalue weighted by Gasteiger charge is -1.87. The van der Waals surface area contributed by atoms with Crippen molar-refractivity contribution in [3.63, 3.8) is 0 Å². The predicted octanol–water partition coefficient (Wildman–Crippen LogP) is 3.01. The molecular formula is C9H4FNOS. The second-order valence-corrected chi connectivity index (χ2v) is 3.48. The molecule has 0 fully saturated rings. The van der Waals surface area contributed by atoms with Gasteiger partial charge in [0, 0.05) is 0 Å². The average Bonchev–Trinajstić information content (AvgIpc) is 2.49. The third kappa shape index (κ3) is 1.37. The smallest absolute Gasteiger partial charge is 0.211 e. The van der Waals surface area contributed by atoms with Crippen molar-refractivity contribution >= 4 is 32.5 Å². The molecule has 0 amide bonds. The Morgan fingerprint density at radius 2 is 2.31 bits per heavy atom. The van der Waals surface area contributed by atoms with E-state index < -0.39 is 0 Å². The molecule has 0 aliphatic heterocycles. The second kappa shape index (κ2) is 3.09. The fourth-order valence-electron chi connectivity index (χ4n) is 1.11. The van der Waals surface area contributed by atoms with Crippen LogP contribution in [-0.2, 0) is 4.79 Å². The Bertz CT molecular complexity index is 499. The number of halogens is 1. The Kier molecular flexibility index (Phi) is 1.93. The molecule has 2 rings (SSSR count). The van der Waals surface area contributed by atoms with Crippen molar-refractivity contribution in [3.05, 3.63) is 30.1 Å². The maximum atomic E-state index is 13.1. The monoisotopic (exact) mass is 193 g/mol. The molecule has 2 nitrogen and oxygen atoms in total. The highest BCUT2D eigenvalue weighted by Gasteiger charge is 2.04. The molecule has 0 aliphatic rings. The van der Waals surface area contributed by atoms with E-state index in [2.05, 4.69) is 4.99 Å². The molecule has 0 radical (unpaired) electrons. The van der Waals surface area contributed by atoms with Crippen LogP contribution in [0.1, 0.15) is 0 Å². The summed E-state index contributed by atoms with van der Waals surface area (Å²) >= 11 is 1.14. The summed E-state index contributed by atoms with van der Waals surface area (Å²) in [6.07, 6.45) is 1.43. The van der Waals surface area contributed by atoms with E-state index in [4.69, 9.17) is 0 Å². The summed E-state index contributed by atoms with van der Waals surface area (Å²) in [6, 6.07) is 6.44. The van der Waals surface area contributed by atoms with Gasteiger partial charge in [-0.1, -0.05) is 12.1 Å². The van der Waals surface area contributed by atoms with Gasteiger partial charge in [0.05, 0.1) is 4.70 Å². The number of carbonyl (C=O) groups excluding carboxylic acids is 1. The molecule has 0 saturated heterocycles. The van der Waals surface area contributed by atoms with Gasteiger partial charge in [0.15, 0.2) is 0 Å². The van der Waals surface area contributed by atoms with Crippen LogP contribution >= 0.6 is 11.3 Å². The number of rotatable bonds is 1. The Balaban J connectivity index is 2.75. The second-order valence-electron chi connectivity index (χ2n) is 2.45. The topological polar surface area (TPSA) is 29.4 Å². The van der Waals surface area contributed by atoms with Gasteiger partial charge >= 0.3 is 0 Å². The highest BCUT2D eigenvalue weighted by Crippen LogP contribution is 2.32. The zero-order chi connectivity index (χ0) is 9.26. The minimum atomic E-state index is -0.283. The minimum absolute atomic E-state index is 0.283. The standard InChI is InChI=1S/C9H4FNOS/c10-7-3-1-2-6-4-8(11-5-12)13-9(6)7/h1-4H. The van der Waals surface area contributed by atoms with Crippen LogP contribution in [0, 0.1) is 5.82 Å². The van der Waals surface area contributed by atoms with Gasteiger partial charge in [-0.15, -0.1) is 11.3 Å². The first-order valence-electron chi connectivity index (χ1n) is 3.57. The summed E-state index contributed by atoms with van der Waals surface area (Å²) in [5, 5.41) is 1.24. The molecular weight excluding hydrogens is 189 g/mol. The maximum Gasteiger partial charge on any atom is 0.241 e. The number of benzene rings is 1. The first kappa shape index (κ1) is 8.10. The predicted molar refractivity (Wildman–Crippen MR) is 49.6 cm³/mol. The van der Waals surface area contributed by atoms with Gasteiger partial charge < -0.3 is 0 Å². The van der Waals surface area contributed by atoms with Crippen LogP contribution in [0.3, 0.4) is 0 Å². The molecule has 13 heavy (non-hydrogen) atoms. The first-order valence-corrected chi connectivity index (χ1v) is 4.39. The summed E-state index contributed by atoms with van der Waals surface area (Å²) in [5.41, 5.74) is 0. The van der Waals surface area contributed by atoms with Gasteiger partial charge in [-0.05, 0) is 17.5 Å². The van der Waals surface area contributed by atoms with Crippen LogP contribution in [0.4, 0.5) is 9.39 Å².